The van der Waals surface area contributed by atoms with E-state index in [9.17, 15) is 0 Å². The highest BCUT2D eigenvalue weighted by molar-refractivity contribution is 6.11. The summed E-state index contributed by atoms with van der Waals surface area (Å²) in [6.07, 6.45) is 0. The number of aromatic nitrogens is 4. The Labute approximate surface area is 301 Å². The van der Waals surface area contributed by atoms with Gasteiger partial charge in [-0.25, -0.2) is 15.0 Å². The lowest BCUT2D eigenvalue weighted by Crippen LogP contribution is -2.00. The average molecular weight is 651 g/mol. The van der Waals surface area contributed by atoms with Crippen molar-refractivity contribution >= 4 is 43.7 Å². The summed E-state index contributed by atoms with van der Waals surface area (Å²) >= 11 is 0. The fourth-order valence-electron chi connectivity index (χ4n) is 6.56. The number of hydrogen-bond acceptors (Lipinski definition) is 4. The molecule has 0 bridgehead atoms. The molecule has 5 nitrogen and oxygen atoms in total. The van der Waals surface area contributed by atoms with Crippen LogP contribution in [0.1, 0.15) is 13.7 Å². The van der Waals surface area contributed by atoms with Crippen molar-refractivity contribution in [2.24, 2.45) is 0 Å². The molecule has 5 heteroatoms. The molecule has 0 aliphatic rings. The van der Waals surface area contributed by atoms with E-state index in [4.69, 9.17) is 18.1 Å². The minimum Gasteiger partial charge on any atom is -0.456 e. The summed E-state index contributed by atoms with van der Waals surface area (Å²) < 4.78 is 92.7. The maximum Gasteiger partial charge on any atom is 0.164 e. The highest BCUT2D eigenvalue weighted by Gasteiger charge is 2.18. The van der Waals surface area contributed by atoms with Crippen molar-refractivity contribution in [3.05, 3.63) is 170 Å². The van der Waals surface area contributed by atoms with Gasteiger partial charge in [0, 0.05) is 50.0 Å². The summed E-state index contributed by atoms with van der Waals surface area (Å²) in [4.78, 5) is 13.7. The minimum absolute atomic E-state index is 0.00841. The molecule has 0 unspecified atom stereocenters. The van der Waals surface area contributed by atoms with Crippen molar-refractivity contribution in [2.45, 2.75) is 0 Å². The lowest BCUT2D eigenvalue weighted by molar-refractivity contribution is 0.669. The fourth-order valence-corrected chi connectivity index (χ4v) is 6.56. The second-order valence-corrected chi connectivity index (χ2v) is 11.8. The van der Waals surface area contributed by atoms with Crippen LogP contribution in [0.4, 0.5) is 0 Å². The highest BCUT2D eigenvalue weighted by Crippen LogP contribution is 2.38. The van der Waals surface area contributed by atoms with Gasteiger partial charge in [0.2, 0.25) is 0 Å². The van der Waals surface area contributed by atoms with Gasteiger partial charge in [-0.2, -0.15) is 0 Å². The van der Waals surface area contributed by atoms with E-state index in [1.807, 2.05) is 66.7 Å². The van der Waals surface area contributed by atoms with Gasteiger partial charge in [-0.15, -0.1) is 0 Å². The van der Waals surface area contributed by atoms with Crippen LogP contribution in [-0.2, 0) is 0 Å². The lowest BCUT2D eigenvalue weighted by Gasteiger charge is -2.10. The predicted molar refractivity (Wildman–Crippen MR) is 203 cm³/mol. The Kier molecular flexibility index (Phi) is 4.52. The topological polar surface area (TPSA) is 56.7 Å². The second-order valence-electron chi connectivity index (χ2n) is 11.8. The zero-order valence-corrected chi connectivity index (χ0v) is 26.1. The lowest BCUT2D eigenvalue weighted by atomic mass is 10.0. The van der Waals surface area contributed by atoms with Crippen molar-refractivity contribution < 1.29 is 18.1 Å². The zero-order chi connectivity index (χ0) is 41.7. The van der Waals surface area contributed by atoms with Crippen LogP contribution >= 0.6 is 0 Å². The van der Waals surface area contributed by atoms with Crippen molar-refractivity contribution in [2.75, 3.05) is 0 Å². The van der Waals surface area contributed by atoms with E-state index in [1.54, 1.807) is 6.07 Å². The molecule has 3 aromatic heterocycles. The SMILES string of the molecule is [2H]c1c([2H])c([2H])c(-c2nc(-c3ccc4c(c3)c3ccccc3n4-c3ccc4c(c3)oc3cc(-c5ccccc5)ccc34)nc(-c3c([2H])c([2H])c([2H])c([2H])c3[2H])n2)c([2H])c1[2H]. The molecule has 0 amide bonds. The van der Waals surface area contributed by atoms with Crippen LogP contribution in [0.25, 0.3) is 94.7 Å². The average Bonchev–Trinajstić information content (AvgIpc) is 3.81. The third-order valence-corrected chi connectivity index (χ3v) is 8.84. The standard InChI is InChI=1S/C45H28N4O/c1-4-12-29(13-5-1)32-20-23-36-37-24-22-34(28-42(37)50-41(36)27-32)49-39-19-11-10-18-35(39)38-26-33(21-25-40(38)49)45-47-43(30-14-6-2-7-15-30)46-44(48-45)31-16-8-3-9-17-31/h1-28H/i2D,3D,6D,7D,8D,9D,14D,15D,16D,17D. The van der Waals surface area contributed by atoms with E-state index in [2.05, 4.69) is 55.9 Å². The van der Waals surface area contributed by atoms with Gasteiger partial charge in [0.05, 0.1) is 24.7 Å². The van der Waals surface area contributed by atoms with Gasteiger partial charge in [-0.05, 0) is 59.7 Å². The normalized spacial score (nSPS) is 14.4. The number of rotatable bonds is 5. The highest BCUT2D eigenvalue weighted by atomic mass is 16.3. The van der Waals surface area contributed by atoms with Crippen LogP contribution in [0.3, 0.4) is 0 Å². The van der Waals surface area contributed by atoms with Crippen LogP contribution in [0.5, 0.6) is 0 Å². The number of furan rings is 1. The predicted octanol–water partition coefficient (Wildman–Crippen LogP) is 11.5. The molecule has 0 saturated heterocycles. The van der Waals surface area contributed by atoms with Crippen molar-refractivity contribution in [1.82, 2.24) is 19.5 Å². The molecule has 0 atom stereocenters. The number of fused-ring (bicyclic) bond motifs is 6. The molecular weight excluding hydrogens is 613 g/mol. The fraction of sp³-hybridized carbons (Fsp3) is 0. The largest absolute Gasteiger partial charge is 0.456 e. The third kappa shape index (κ3) is 4.67. The monoisotopic (exact) mass is 650 g/mol. The molecule has 0 N–H and O–H groups in total. The Morgan fingerprint density at radius 1 is 0.420 bits per heavy atom. The van der Waals surface area contributed by atoms with Crippen LogP contribution in [0.15, 0.2) is 174 Å². The van der Waals surface area contributed by atoms with Gasteiger partial charge in [-0.1, -0.05) is 115 Å². The number of benzene rings is 7. The molecular formula is C45H28N4O. The Morgan fingerprint density at radius 2 is 1.00 bits per heavy atom. The van der Waals surface area contributed by atoms with Gasteiger partial charge in [0.1, 0.15) is 11.2 Å². The van der Waals surface area contributed by atoms with Crippen LogP contribution < -0.4 is 0 Å². The molecule has 0 radical (unpaired) electrons. The maximum atomic E-state index is 8.67. The summed E-state index contributed by atoms with van der Waals surface area (Å²) in [7, 11) is 0. The van der Waals surface area contributed by atoms with Crippen molar-refractivity contribution in [1.29, 1.82) is 0 Å². The molecule has 7 aromatic carbocycles. The van der Waals surface area contributed by atoms with E-state index in [1.165, 1.54) is 0 Å². The molecule has 0 aliphatic carbocycles. The van der Waals surface area contributed by atoms with Gasteiger partial charge in [-0.3, -0.25) is 0 Å². The zero-order valence-electron chi connectivity index (χ0n) is 36.1. The molecule has 0 fully saturated rings. The Morgan fingerprint density at radius 3 is 1.72 bits per heavy atom. The molecule has 50 heavy (non-hydrogen) atoms. The molecule has 10 aromatic rings. The molecule has 0 aliphatic heterocycles. The molecule has 10 rings (SSSR count). The molecule has 3 heterocycles. The summed E-state index contributed by atoms with van der Waals surface area (Å²) in [5, 5.41) is 3.70. The van der Waals surface area contributed by atoms with E-state index in [-0.39, 0.29) is 28.6 Å². The Balaban J connectivity index is 1.17. The first-order valence-corrected chi connectivity index (χ1v) is 15.9. The van der Waals surface area contributed by atoms with Gasteiger partial charge < -0.3 is 8.98 Å². The molecule has 0 saturated carbocycles. The first-order chi connectivity index (χ1) is 28.9. The number of hydrogen-bond donors (Lipinski definition) is 0. The first kappa shape index (κ1) is 19.8. The number of para-hydroxylation sites is 1. The van der Waals surface area contributed by atoms with Gasteiger partial charge >= 0.3 is 0 Å². The maximum absolute atomic E-state index is 8.67. The Bertz CT molecular complexity index is 3310. The minimum atomic E-state index is -0.607. The quantitative estimate of drug-likeness (QED) is 0.186. The second kappa shape index (κ2) is 11.4. The molecule has 0 spiro atoms. The van der Waals surface area contributed by atoms with Crippen LogP contribution in [0.2, 0.25) is 0 Å². The van der Waals surface area contributed by atoms with E-state index in [0.29, 0.717) is 5.56 Å². The summed E-state index contributed by atoms with van der Waals surface area (Å²) in [6, 6.07) is 30.0. The van der Waals surface area contributed by atoms with E-state index >= 15 is 0 Å². The van der Waals surface area contributed by atoms with Crippen LogP contribution in [0, 0.1) is 0 Å². The van der Waals surface area contributed by atoms with Gasteiger partial charge in [0.25, 0.3) is 0 Å². The number of nitrogens with zero attached hydrogens (tertiary/aromatic N) is 4. The van der Waals surface area contributed by atoms with Crippen molar-refractivity contribution in [3.63, 3.8) is 0 Å². The Hall–Kier alpha value is -6.85. The van der Waals surface area contributed by atoms with Gasteiger partial charge in [0.15, 0.2) is 17.5 Å². The third-order valence-electron chi connectivity index (χ3n) is 8.84. The van der Waals surface area contributed by atoms with Crippen molar-refractivity contribution in [3.8, 4) is 51.0 Å². The summed E-state index contributed by atoms with van der Waals surface area (Å²) in [6.45, 7) is 0. The summed E-state index contributed by atoms with van der Waals surface area (Å²) in [5.74, 6) is -0.654. The first-order valence-electron chi connectivity index (χ1n) is 20.9. The van der Waals surface area contributed by atoms with E-state index in [0.717, 1.165) is 60.6 Å². The van der Waals surface area contributed by atoms with Crippen LogP contribution in [-0.4, -0.2) is 19.5 Å². The molecule has 234 valence electrons. The van der Waals surface area contributed by atoms with E-state index < -0.39 is 60.4 Å². The summed E-state index contributed by atoms with van der Waals surface area (Å²) in [5.41, 5.74) is 6.04. The smallest absolute Gasteiger partial charge is 0.164 e.